The minimum Gasteiger partial charge on any atom is -0.368 e. The van der Waals surface area contributed by atoms with E-state index in [1.165, 1.54) is 12.1 Å². The van der Waals surface area contributed by atoms with Crippen molar-refractivity contribution in [2.75, 3.05) is 11.9 Å². The lowest BCUT2D eigenvalue weighted by Crippen LogP contribution is -2.28. The number of benzene rings is 1. The average Bonchev–Trinajstić information content (AvgIpc) is 2.42. The summed E-state index contributed by atoms with van der Waals surface area (Å²) in [5, 5.41) is 2.72. The molecule has 1 rings (SSSR count). The number of amides is 1. The highest BCUT2D eigenvalue weighted by molar-refractivity contribution is 7.99. The lowest BCUT2D eigenvalue weighted by Gasteiger charge is -2.15. The predicted octanol–water partition coefficient (Wildman–Crippen LogP) is 4.57. The van der Waals surface area contributed by atoms with Gasteiger partial charge in [-0.1, -0.05) is 35.5 Å². The number of nitrogens with one attached hydrogen (secondary N) is 1. The van der Waals surface area contributed by atoms with Crippen molar-refractivity contribution in [3.8, 4) is 0 Å². The summed E-state index contributed by atoms with van der Waals surface area (Å²) < 4.78 is 30.4. The predicted molar refractivity (Wildman–Crippen MR) is 82.2 cm³/mol. The number of alkyl halides is 2. The van der Waals surface area contributed by atoms with Crippen LogP contribution in [0.15, 0.2) is 35.7 Å². The number of carbonyl (C=O) groups excluding carboxylic acids is 1. The van der Waals surface area contributed by atoms with Gasteiger partial charge in [0.05, 0.1) is 22.2 Å². The largest absolute Gasteiger partial charge is 0.368 e. The van der Waals surface area contributed by atoms with E-state index in [9.17, 15) is 13.6 Å². The molecule has 3 nitrogen and oxygen atoms in total. The van der Waals surface area contributed by atoms with Crippen molar-refractivity contribution in [1.82, 2.24) is 0 Å². The number of hydrogen-bond donors (Lipinski definition) is 1. The number of rotatable bonds is 8. The molecule has 0 spiro atoms. The third-order valence-corrected chi connectivity index (χ3v) is 3.77. The van der Waals surface area contributed by atoms with Crippen LogP contribution in [0, 0.1) is 0 Å². The minimum absolute atomic E-state index is 0.140. The molecule has 0 aliphatic rings. The van der Waals surface area contributed by atoms with Gasteiger partial charge in [-0.15, -0.1) is 6.58 Å². The van der Waals surface area contributed by atoms with Gasteiger partial charge in [-0.25, -0.2) is 0 Å². The molecular weight excluding hydrogens is 320 g/mol. The molecule has 116 valence electrons. The van der Waals surface area contributed by atoms with Gasteiger partial charge in [-0.3, -0.25) is 4.79 Å². The van der Waals surface area contributed by atoms with E-state index < -0.39 is 17.8 Å². The minimum atomic E-state index is -2.62. The van der Waals surface area contributed by atoms with Crippen molar-refractivity contribution in [2.45, 2.75) is 30.1 Å². The normalized spacial score (nSPS) is 12.2. The SMILES string of the molecule is C=CCCOC(C)C(=O)Nc1cccc(Cl)c1SC(F)F. The average molecular weight is 336 g/mol. The molecule has 0 fully saturated rings. The summed E-state index contributed by atoms with van der Waals surface area (Å²) in [6.45, 7) is 5.50. The molecule has 1 atom stereocenters. The number of hydrogen-bond acceptors (Lipinski definition) is 3. The number of anilines is 1. The van der Waals surface area contributed by atoms with Crippen molar-refractivity contribution < 1.29 is 18.3 Å². The first-order valence-corrected chi connectivity index (χ1v) is 7.48. The van der Waals surface area contributed by atoms with E-state index >= 15 is 0 Å². The Morgan fingerprint density at radius 1 is 1.57 bits per heavy atom. The second-order valence-electron chi connectivity index (χ2n) is 4.07. The summed E-state index contributed by atoms with van der Waals surface area (Å²) >= 11 is 6.18. The van der Waals surface area contributed by atoms with E-state index in [2.05, 4.69) is 11.9 Å². The third-order valence-electron chi connectivity index (χ3n) is 2.49. The van der Waals surface area contributed by atoms with Crippen LogP contribution in [0.5, 0.6) is 0 Å². The first-order chi connectivity index (χ1) is 9.95. The monoisotopic (exact) mass is 335 g/mol. The van der Waals surface area contributed by atoms with E-state index in [1.54, 1.807) is 19.1 Å². The number of halogens is 3. The highest BCUT2D eigenvalue weighted by atomic mass is 35.5. The van der Waals surface area contributed by atoms with E-state index in [0.29, 0.717) is 24.8 Å². The molecule has 1 aromatic rings. The molecule has 0 aromatic heterocycles. The Labute approximate surface area is 131 Å². The maximum atomic E-state index is 12.5. The summed E-state index contributed by atoms with van der Waals surface area (Å²) in [6.07, 6.45) is 1.61. The Morgan fingerprint density at radius 2 is 2.29 bits per heavy atom. The summed E-state index contributed by atoms with van der Waals surface area (Å²) in [5.74, 6) is -3.04. The number of ether oxygens (including phenoxy) is 1. The molecule has 7 heteroatoms. The van der Waals surface area contributed by atoms with Gasteiger partial charge in [-0.05, 0) is 25.5 Å². The zero-order valence-electron chi connectivity index (χ0n) is 11.4. The molecule has 1 aromatic carbocycles. The lowest BCUT2D eigenvalue weighted by molar-refractivity contribution is -0.126. The van der Waals surface area contributed by atoms with Gasteiger partial charge in [0, 0.05) is 0 Å². The van der Waals surface area contributed by atoms with Crippen LogP contribution in [0.25, 0.3) is 0 Å². The summed E-state index contributed by atoms with van der Waals surface area (Å²) in [4.78, 5) is 12.1. The molecule has 0 aliphatic heterocycles. The Kier molecular flexibility index (Phi) is 7.71. The van der Waals surface area contributed by atoms with E-state index in [1.807, 2.05) is 0 Å². The maximum absolute atomic E-state index is 12.5. The smallest absolute Gasteiger partial charge is 0.289 e. The Hall–Kier alpha value is -1.11. The van der Waals surface area contributed by atoms with Crippen LogP contribution in [-0.4, -0.2) is 24.4 Å². The van der Waals surface area contributed by atoms with E-state index in [-0.39, 0.29) is 15.6 Å². The lowest BCUT2D eigenvalue weighted by atomic mass is 10.3. The highest BCUT2D eigenvalue weighted by Gasteiger charge is 2.18. The molecule has 0 heterocycles. The first-order valence-electron chi connectivity index (χ1n) is 6.22. The fraction of sp³-hybridized carbons (Fsp3) is 0.357. The van der Waals surface area contributed by atoms with E-state index in [0.717, 1.165) is 0 Å². The van der Waals surface area contributed by atoms with Crippen LogP contribution in [0.1, 0.15) is 13.3 Å². The van der Waals surface area contributed by atoms with Gasteiger partial charge in [0.15, 0.2) is 0 Å². The van der Waals surface area contributed by atoms with Crippen molar-refractivity contribution in [3.63, 3.8) is 0 Å². The van der Waals surface area contributed by atoms with Gasteiger partial charge in [0.2, 0.25) is 0 Å². The van der Waals surface area contributed by atoms with Crippen molar-refractivity contribution in [1.29, 1.82) is 0 Å². The van der Waals surface area contributed by atoms with Gasteiger partial charge in [-0.2, -0.15) is 8.78 Å². The topological polar surface area (TPSA) is 38.3 Å². The van der Waals surface area contributed by atoms with E-state index in [4.69, 9.17) is 16.3 Å². The maximum Gasteiger partial charge on any atom is 0.289 e. The van der Waals surface area contributed by atoms with Crippen LogP contribution >= 0.6 is 23.4 Å². The summed E-state index contributed by atoms with van der Waals surface area (Å²) in [6, 6.07) is 4.59. The standard InChI is InChI=1S/C14H16ClF2NO2S/c1-3-4-8-20-9(2)13(19)18-11-7-5-6-10(15)12(11)21-14(16)17/h3,5-7,9,14H,1,4,8H2,2H3,(H,18,19). The van der Waals surface area contributed by atoms with Crippen molar-refractivity contribution in [3.05, 3.63) is 35.9 Å². The van der Waals surface area contributed by atoms with Gasteiger partial charge in [0.1, 0.15) is 6.10 Å². The second kappa shape index (κ2) is 9.02. The molecule has 1 amide bonds. The van der Waals surface area contributed by atoms with Gasteiger partial charge >= 0.3 is 0 Å². The zero-order chi connectivity index (χ0) is 15.8. The Morgan fingerprint density at radius 3 is 2.90 bits per heavy atom. The number of carbonyl (C=O) groups is 1. The summed E-state index contributed by atoms with van der Waals surface area (Å²) in [7, 11) is 0. The molecule has 0 saturated carbocycles. The van der Waals surface area contributed by atoms with Crippen LogP contribution in [0.4, 0.5) is 14.5 Å². The zero-order valence-corrected chi connectivity index (χ0v) is 13.0. The van der Waals surface area contributed by atoms with Gasteiger partial charge in [0.25, 0.3) is 11.7 Å². The third kappa shape index (κ3) is 6.03. The molecule has 0 aliphatic carbocycles. The molecule has 0 bridgehead atoms. The van der Waals surface area contributed by atoms with Crippen LogP contribution < -0.4 is 5.32 Å². The second-order valence-corrected chi connectivity index (χ2v) is 5.48. The Bertz CT molecular complexity index is 500. The Balaban J connectivity index is 2.75. The quantitative estimate of drug-likeness (QED) is 0.429. The van der Waals surface area contributed by atoms with Gasteiger partial charge < -0.3 is 10.1 Å². The molecule has 0 saturated heterocycles. The molecule has 0 radical (unpaired) electrons. The van der Waals surface area contributed by atoms with Crippen LogP contribution in [0.3, 0.4) is 0 Å². The number of thioether (sulfide) groups is 1. The fourth-order valence-corrected chi connectivity index (χ4v) is 2.37. The fourth-order valence-electron chi connectivity index (χ4n) is 1.45. The molecule has 1 N–H and O–H groups in total. The summed E-state index contributed by atoms with van der Waals surface area (Å²) in [5.41, 5.74) is 0.247. The van der Waals surface area contributed by atoms with Crippen LogP contribution in [0.2, 0.25) is 5.02 Å². The first kappa shape index (κ1) is 17.9. The molecule has 21 heavy (non-hydrogen) atoms. The van der Waals surface area contributed by atoms with Crippen LogP contribution in [-0.2, 0) is 9.53 Å². The molecular formula is C14H16ClF2NO2S. The highest BCUT2D eigenvalue weighted by Crippen LogP contribution is 2.37. The van der Waals surface area contributed by atoms with Crippen molar-refractivity contribution in [2.24, 2.45) is 0 Å². The van der Waals surface area contributed by atoms with Crippen molar-refractivity contribution >= 4 is 35.0 Å². The molecule has 1 unspecified atom stereocenters.